The van der Waals surface area contributed by atoms with Gasteiger partial charge in [0.2, 0.25) is 0 Å². The van der Waals surface area contributed by atoms with E-state index in [0.29, 0.717) is 6.04 Å². The summed E-state index contributed by atoms with van der Waals surface area (Å²) in [7, 11) is 0. The van der Waals surface area contributed by atoms with Gasteiger partial charge >= 0.3 is 0 Å². The summed E-state index contributed by atoms with van der Waals surface area (Å²) in [6.45, 7) is 0. The molecule has 0 aliphatic heterocycles. The second-order valence-electron chi connectivity index (χ2n) is 5.91. The van der Waals surface area contributed by atoms with Gasteiger partial charge in [-0.15, -0.1) is 0 Å². The summed E-state index contributed by atoms with van der Waals surface area (Å²) in [5.74, 6) is 1.94. The molecule has 0 saturated heterocycles. The van der Waals surface area contributed by atoms with E-state index in [2.05, 4.69) is 5.32 Å². The number of fused-ring (bicyclic) bond motifs is 2. The van der Waals surface area contributed by atoms with Gasteiger partial charge in [0.05, 0.1) is 6.10 Å². The Labute approximate surface area is 92.4 Å². The van der Waals surface area contributed by atoms with E-state index in [1.54, 1.807) is 0 Å². The van der Waals surface area contributed by atoms with Gasteiger partial charge < -0.3 is 10.4 Å². The molecule has 0 aromatic carbocycles. The minimum atomic E-state index is -0.0714. The fraction of sp³-hybridized carbons (Fsp3) is 1.00. The molecule has 3 rings (SSSR count). The van der Waals surface area contributed by atoms with Crippen LogP contribution >= 0.6 is 0 Å². The first-order valence-electron chi connectivity index (χ1n) is 6.77. The molecular weight excluding hydrogens is 186 g/mol. The van der Waals surface area contributed by atoms with Crippen molar-refractivity contribution in [1.82, 2.24) is 5.32 Å². The summed E-state index contributed by atoms with van der Waals surface area (Å²) in [6, 6.07) is 1.14. The largest absolute Gasteiger partial charge is 0.392 e. The topological polar surface area (TPSA) is 32.3 Å². The van der Waals surface area contributed by atoms with Crippen LogP contribution in [0.5, 0.6) is 0 Å². The number of aliphatic hydroxyl groups is 1. The molecule has 86 valence electrons. The molecule has 5 atom stereocenters. The summed E-state index contributed by atoms with van der Waals surface area (Å²) in [6.07, 6.45) is 10.4. The third-order valence-electron chi connectivity index (χ3n) is 4.90. The van der Waals surface area contributed by atoms with Gasteiger partial charge in [-0.3, -0.25) is 0 Å². The summed E-state index contributed by atoms with van der Waals surface area (Å²) in [5.41, 5.74) is 0. The van der Waals surface area contributed by atoms with Crippen LogP contribution in [0.25, 0.3) is 0 Å². The van der Waals surface area contributed by atoms with Crippen LogP contribution in [0.4, 0.5) is 0 Å². The smallest absolute Gasteiger partial charge is 0.0693 e. The summed E-state index contributed by atoms with van der Waals surface area (Å²) >= 11 is 0. The highest BCUT2D eigenvalue weighted by atomic mass is 16.3. The third-order valence-corrected chi connectivity index (χ3v) is 4.90. The zero-order chi connectivity index (χ0) is 10.3. The van der Waals surface area contributed by atoms with Crippen LogP contribution in [-0.2, 0) is 0 Å². The maximum Gasteiger partial charge on any atom is 0.0693 e. The van der Waals surface area contributed by atoms with Crippen molar-refractivity contribution in [1.29, 1.82) is 0 Å². The molecule has 3 aliphatic carbocycles. The molecule has 0 radical (unpaired) electrons. The Kier molecular flexibility index (Phi) is 2.73. The Bertz CT molecular complexity index is 231. The van der Waals surface area contributed by atoms with Crippen LogP contribution < -0.4 is 5.32 Å². The van der Waals surface area contributed by atoms with Crippen molar-refractivity contribution >= 4 is 0 Å². The maximum absolute atomic E-state index is 9.94. The lowest BCUT2D eigenvalue weighted by molar-refractivity contribution is 0.0799. The molecular formula is C13H23NO. The quantitative estimate of drug-likeness (QED) is 0.729. The average Bonchev–Trinajstić information content (AvgIpc) is 2.83. The number of aliphatic hydroxyl groups excluding tert-OH is 1. The SMILES string of the molecule is O[C@@H]1CCCC[C@H]1N[C@@H]1C[C@H]2CC[C@H]1C2. The molecule has 2 bridgehead atoms. The predicted octanol–water partition coefficient (Wildman–Crippen LogP) is 2.07. The van der Waals surface area contributed by atoms with Crippen LogP contribution in [0.15, 0.2) is 0 Å². The van der Waals surface area contributed by atoms with Crippen molar-refractivity contribution in [2.24, 2.45) is 11.8 Å². The molecule has 2 heteroatoms. The normalized spacial score (nSPS) is 49.8. The molecule has 3 fully saturated rings. The van der Waals surface area contributed by atoms with E-state index in [0.717, 1.165) is 24.3 Å². The van der Waals surface area contributed by atoms with E-state index in [-0.39, 0.29) is 6.10 Å². The van der Waals surface area contributed by atoms with Crippen molar-refractivity contribution in [2.45, 2.75) is 69.6 Å². The summed E-state index contributed by atoms with van der Waals surface area (Å²) < 4.78 is 0. The zero-order valence-corrected chi connectivity index (χ0v) is 9.49. The first-order chi connectivity index (χ1) is 7.33. The molecule has 15 heavy (non-hydrogen) atoms. The van der Waals surface area contributed by atoms with Crippen LogP contribution in [0.3, 0.4) is 0 Å². The van der Waals surface area contributed by atoms with Crippen molar-refractivity contribution < 1.29 is 5.11 Å². The van der Waals surface area contributed by atoms with Gasteiger partial charge in [-0.2, -0.15) is 0 Å². The van der Waals surface area contributed by atoms with E-state index in [1.165, 1.54) is 44.9 Å². The second kappa shape index (κ2) is 4.06. The highest BCUT2D eigenvalue weighted by Crippen LogP contribution is 2.44. The van der Waals surface area contributed by atoms with E-state index < -0.39 is 0 Å². The van der Waals surface area contributed by atoms with Crippen LogP contribution in [0.1, 0.15) is 51.4 Å². The second-order valence-corrected chi connectivity index (χ2v) is 5.91. The Morgan fingerprint density at radius 3 is 2.40 bits per heavy atom. The Balaban J connectivity index is 1.56. The van der Waals surface area contributed by atoms with Crippen LogP contribution in [-0.4, -0.2) is 23.3 Å². The Hall–Kier alpha value is -0.0800. The Morgan fingerprint density at radius 2 is 1.73 bits per heavy atom. The molecule has 0 aromatic rings. The fourth-order valence-corrected chi connectivity index (χ4v) is 4.03. The molecule has 0 unspecified atom stereocenters. The summed E-state index contributed by atoms with van der Waals surface area (Å²) in [5, 5.41) is 13.7. The summed E-state index contributed by atoms with van der Waals surface area (Å²) in [4.78, 5) is 0. The van der Waals surface area contributed by atoms with Crippen molar-refractivity contribution in [3.8, 4) is 0 Å². The average molecular weight is 209 g/mol. The standard InChI is InChI=1S/C13H23NO/c15-13-4-2-1-3-11(13)14-12-8-9-5-6-10(12)7-9/h9-15H,1-8H2/t9-,10-,11+,12+,13+/m0/s1. The number of hydrogen-bond donors (Lipinski definition) is 2. The van der Waals surface area contributed by atoms with Gasteiger partial charge in [-0.05, 0) is 43.9 Å². The predicted molar refractivity (Wildman–Crippen MR) is 60.6 cm³/mol. The highest BCUT2D eigenvalue weighted by Gasteiger charge is 2.40. The van der Waals surface area contributed by atoms with Gasteiger partial charge in [0, 0.05) is 12.1 Å². The first-order valence-corrected chi connectivity index (χ1v) is 6.77. The minimum absolute atomic E-state index is 0.0714. The van der Waals surface area contributed by atoms with E-state index in [1.807, 2.05) is 0 Å². The van der Waals surface area contributed by atoms with Crippen molar-refractivity contribution in [2.75, 3.05) is 0 Å². The van der Waals surface area contributed by atoms with Crippen molar-refractivity contribution in [3.63, 3.8) is 0 Å². The molecule has 2 nitrogen and oxygen atoms in total. The lowest BCUT2D eigenvalue weighted by Crippen LogP contribution is -2.48. The fourth-order valence-electron chi connectivity index (χ4n) is 4.03. The molecule has 2 N–H and O–H groups in total. The monoisotopic (exact) mass is 209 g/mol. The number of hydrogen-bond acceptors (Lipinski definition) is 2. The van der Waals surface area contributed by atoms with Crippen LogP contribution in [0.2, 0.25) is 0 Å². The van der Waals surface area contributed by atoms with Crippen molar-refractivity contribution in [3.05, 3.63) is 0 Å². The van der Waals surface area contributed by atoms with E-state index in [9.17, 15) is 5.11 Å². The van der Waals surface area contributed by atoms with E-state index >= 15 is 0 Å². The molecule has 3 aliphatic rings. The lowest BCUT2D eigenvalue weighted by atomic mass is 9.89. The molecule has 0 amide bonds. The molecule has 0 aromatic heterocycles. The number of rotatable bonds is 2. The van der Waals surface area contributed by atoms with Gasteiger partial charge in [0.25, 0.3) is 0 Å². The van der Waals surface area contributed by atoms with Gasteiger partial charge in [-0.1, -0.05) is 19.3 Å². The maximum atomic E-state index is 9.94. The van der Waals surface area contributed by atoms with Crippen LogP contribution in [0, 0.1) is 11.8 Å². The van der Waals surface area contributed by atoms with Gasteiger partial charge in [0.15, 0.2) is 0 Å². The molecule has 0 heterocycles. The van der Waals surface area contributed by atoms with Gasteiger partial charge in [-0.25, -0.2) is 0 Å². The third kappa shape index (κ3) is 1.94. The first kappa shape index (κ1) is 10.1. The molecule has 3 saturated carbocycles. The number of nitrogens with one attached hydrogen (secondary N) is 1. The zero-order valence-electron chi connectivity index (χ0n) is 9.49. The highest BCUT2D eigenvalue weighted by molar-refractivity contribution is 4.96. The minimum Gasteiger partial charge on any atom is -0.392 e. The van der Waals surface area contributed by atoms with E-state index in [4.69, 9.17) is 0 Å². The Morgan fingerprint density at radius 1 is 0.867 bits per heavy atom. The lowest BCUT2D eigenvalue weighted by Gasteiger charge is -2.34. The molecule has 0 spiro atoms. The van der Waals surface area contributed by atoms with Gasteiger partial charge in [0.1, 0.15) is 0 Å².